The normalized spacial score (nSPS) is 16.5. The van der Waals surface area contributed by atoms with Crippen LogP contribution >= 0.6 is 0 Å². The number of halogens is 3. The number of hydrogen-bond acceptors (Lipinski definition) is 6. The molecule has 0 spiro atoms. The van der Waals surface area contributed by atoms with Gasteiger partial charge in [-0.15, -0.1) is 8.78 Å². The number of rotatable bonds is 8. The van der Waals surface area contributed by atoms with Crippen molar-refractivity contribution in [3.05, 3.63) is 53.5 Å². The molecule has 2 amide bonds. The van der Waals surface area contributed by atoms with Crippen LogP contribution in [-0.4, -0.2) is 40.8 Å². The third-order valence-electron chi connectivity index (χ3n) is 7.36. The van der Waals surface area contributed by atoms with Crippen molar-refractivity contribution in [1.82, 2.24) is 9.88 Å². The summed E-state index contributed by atoms with van der Waals surface area (Å²) in [6, 6.07) is 8.55. The number of hydrogen-bond donors (Lipinski definition) is 2. The van der Waals surface area contributed by atoms with Crippen LogP contribution in [0, 0.1) is 11.2 Å². The standard InChI is InChI=1S/C32H36F3N3O6/c1-29(2,3)17-24(39)23-14-18-13-21(20(33)16-22(18)38(23)12-11-36-28(41)44-30(4,5)6)37-27(40)31(9-10-31)19-7-8-25-26(15-19)43-32(34,35)42-25/h7-8,13-16H,9-12,17H2,1-6H3,(H,36,41)(H,37,40). The van der Waals surface area contributed by atoms with E-state index in [-0.39, 0.29) is 47.9 Å². The first-order valence-electron chi connectivity index (χ1n) is 14.4. The van der Waals surface area contributed by atoms with Gasteiger partial charge in [0.05, 0.1) is 22.3 Å². The maximum atomic E-state index is 15.5. The van der Waals surface area contributed by atoms with Crippen LogP contribution in [0.3, 0.4) is 0 Å². The minimum absolute atomic E-state index is 0.0834. The van der Waals surface area contributed by atoms with Gasteiger partial charge in [-0.25, -0.2) is 9.18 Å². The van der Waals surface area contributed by atoms with Crippen molar-refractivity contribution in [3.8, 4) is 11.5 Å². The van der Waals surface area contributed by atoms with E-state index in [1.807, 2.05) is 20.8 Å². The highest BCUT2D eigenvalue weighted by Crippen LogP contribution is 2.52. The van der Waals surface area contributed by atoms with E-state index in [1.165, 1.54) is 30.3 Å². The van der Waals surface area contributed by atoms with E-state index >= 15 is 4.39 Å². The van der Waals surface area contributed by atoms with Gasteiger partial charge in [-0.2, -0.15) is 0 Å². The predicted octanol–water partition coefficient (Wildman–Crippen LogP) is 6.92. The van der Waals surface area contributed by atoms with Crippen molar-refractivity contribution in [2.24, 2.45) is 5.41 Å². The fraction of sp³-hybridized carbons (Fsp3) is 0.469. The molecule has 2 aromatic carbocycles. The molecule has 0 saturated heterocycles. The van der Waals surface area contributed by atoms with E-state index in [0.717, 1.165) is 0 Å². The van der Waals surface area contributed by atoms with Gasteiger partial charge in [0.1, 0.15) is 11.4 Å². The second-order valence-electron chi connectivity index (χ2n) is 13.5. The molecule has 236 valence electrons. The summed E-state index contributed by atoms with van der Waals surface area (Å²) in [6.07, 6.45) is -3.29. The lowest BCUT2D eigenvalue weighted by Crippen LogP contribution is -2.34. The smallest absolute Gasteiger partial charge is 0.444 e. The Hall–Kier alpha value is -4.22. The lowest BCUT2D eigenvalue weighted by molar-refractivity contribution is -0.286. The molecule has 1 aliphatic heterocycles. The van der Waals surface area contributed by atoms with Gasteiger partial charge in [0.2, 0.25) is 5.91 Å². The number of alkyl halides is 2. The van der Waals surface area contributed by atoms with E-state index in [4.69, 9.17) is 4.74 Å². The molecule has 2 heterocycles. The SMILES string of the molecule is CC(C)(C)CC(=O)c1cc2cc(NC(=O)C3(c4ccc5c(c4)OC(F)(F)O5)CC3)c(F)cc2n1CCNC(=O)OC(C)(C)C. The van der Waals surface area contributed by atoms with Gasteiger partial charge in [-0.1, -0.05) is 26.8 Å². The number of ketones is 1. The average Bonchev–Trinajstić information content (AvgIpc) is 3.52. The molecule has 0 radical (unpaired) electrons. The maximum absolute atomic E-state index is 15.5. The second kappa shape index (κ2) is 10.7. The molecule has 2 aliphatic rings. The highest BCUT2D eigenvalue weighted by atomic mass is 19.3. The summed E-state index contributed by atoms with van der Waals surface area (Å²) < 4.78 is 58.5. The third kappa shape index (κ3) is 6.63. The zero-order valence-electron chi connectivity index (χ0n) is 25.5. The number of nitrogens with one attached hydrogen (secondary N) is 2. The molecular formula is C32H36F3N3O6. The number of ether oxygens (including phenoxy) is 3. The zero-order valence-corrected chi connectivity index (χ0v) is 25.5. The van der Waals surface area contributed by atoms with E-state index in [9.17, 15) is 23.2 Å². The van der Waals surface area contributed by atoms with Gasteiger partial charge in [0.15, 0.2) is 17.3 Å². The van der Waals surface area contributed by atoms with Crippen LogP contribution < -0.4 is 20.1 Å². The molecule has 1 fully saturated rings. The number of nitrogens with zero attached hydrogens (tertiary/aromatic N) is 1. The first-order chi connectivity index (χ1) is 20.4. The number of carbonyl (C=O) groups is 3. The number of Topliss-reactive ketones (excluding diaryl/α,β-unsaturated/α-hetero) is 1. The number of carbonyl (C=O) groups excluding carboxylic acids is 3. The first-order valence-corrected chi connectivity index (χ1v) is 14.4. The molecule has 5 rings (SSSR count). The van der Waals surface area contributed by atoms with Crippen molar-refractivity contribution in [2.45, 2.75) is 84.7 Å². The van der Waals surface area contributed by atoms with Crippen molar-refractivity contribution < 1.29 is 41.8 Å². The summed E-state index contributed by atoms with van der Waals surface area (Å²) in [5, 5.41) is 5.85. The van der Waals surface area contributed by atoms with Gasteiger partial charge in [-0.3, -0.25) is 9.59 Å². The van der Waals surface area contributed by atoms with Crippen LogP contribution in [0.25, 0.3) is 10.9 Å². The lowest BCUT2D eigenvalue weighted by atomic mass is 9.89. The molecule has 1 aromatic heterocycles. The van der Waals surface area contributed by atoms with Crippen LogP contribution in [0.1, 0.15) is 76.9 Å². The highest BCUT2D eigenvalue weighted by molar-refractivity contribution is 6.04. The summed E-state index contributed by atoms with van der Waals surface area (Å²) >= 11 is 0. The minimum atomic E-state index is -3.78. The quantitative estimate of drug-likeness (QED) is 0.267. The van der Waals surface area contributed by atoms with Crippen LogP contribution in [-0.2, 0) is 21.5 Å². The van der Waals surface area contributed by atoms with E-state index in [1.54, 1.807) is 31.4 Å². The summed E-state index contributed by atoms with van der Waals surface area (Å²) in [5.74, 6) is -1.67. The number of fused-ring (bicyclic) bond motifs is 2. The van der Waals surface area contributed by atoms with Crippen molar-refractivity contribution in [3.63, 3.8) is 0 Å². The molecule has 9 nitrogen and oxygen atoms in total. The number of amides is 2. The predicted molar refractivity (Wildman–Crippen MR) is 157 cm³/mol. The van der Waals surface area contributed by atoms with Gasteiger partial charge in [0, 0.05) is 31.0 Å². The Morgan fingerprint density at radius 2 is 1.66 bits per heavy atom. The molecule has 0 bridgehead atoms. The van der Waals surface area contributed by atoms with E-state index in [2.05, 4.69) is 20.1 Å². The zero-order chi connectivity index (χ0) is 32.2. The van der Waals surface area contributed by atoms with Crippen molar-refractivity contribution in [1.29, 1.82) is 0 Å². The average molecular weight is 616 g/mol. The molecular weight excluding hydrogens is 579 g/mol. The topological polar surface area (TPSA) is 108 Å². The fourth-order valence-electron chi connectivity index (χ4n) is 5.27. The maximum Gasteiger partial charge on any atom is 0.586 e. The molecule has 12 heteroatoms. The Kier molecular flexibility index (Phi) is 7.62. The minimum Gasteiger partial charge on any atom is -0.444 e. The van der Waals surface area contributed by atoms with Gasteiger partial charge in [-0.05, 0) is 68.9 Å². The molecule has 0 atom stereocenters. The summed E-state index contributed by atoms with van der Waals surface area (Å²) in [5.41, 5.74) is -0.888. The summed E-state index contributed by atoms with van der Waals surface area (Å²) in [6.45, 7) is 11.4. The summed E-state index contributed by atoms with van der Waals surface area (Å²) in [7, 11) is 0. The van der Waals surface area contributed by atoms with Gasteiger partial charge >= 0.3 is 12.4 Å². The molecule has 44 heavy (non-hydrogen) atoms. The highest BCUT2D eigenvalue weighted by Gasteiger charge is 2.53. The molecule has 2 N–H and O–H groups in total. The largest absolute Gasteiger partial charge is 0.586 e. The monoisotopic (exact) mass is 615 g/mol. The molecule has 3 aromatic rings. The second-order valence-corrected chi connectivity index (χ2v) is 13.5. The number of aromatic nitrogens is 1. The molecule has 1 aliphatic carbocycles. The van der Waals surface area contributed by atoms with Crippen molar-refractivity contribution >= 4 is 34.4 Å². The number of anilines is 1. The Bertz CT molecular complexity index is 1650. The van der Waals surface area contributed by atoms with E-state index < -0.39 is 35.1 Å². The Morgan fingerprint density at radius 3 is 2.30 bits per heavy atom. The van der Waals surface area contributed by atoms with Crippen LogP contribution in [0.2, 0.25) is 0 Å². The van der Waals surface area contributed by atoms with Crippen LogP contribution in [0.5, 0.6) is 11.5 Å². The van der Waals surface area contributed by atoms with Crippen molar-refractivity contribution in [2.75, 3.05) is 11.9 Å². The third-order valence-corrected chi connectivity index (χ3v) is 7.36. The fourth-order valence-corrected chi connectivity index (χ4v) is 5.27. The van der Waals surface area contributed by atoms with E-state index in [0.29, 0.717) is 35.0 Å². The molecule has 0 unspecified atom stereocenters. The van der Waals surface area contributed by atoms with Gasteiger partial charge < -0.3 is 29.4 Å². The van der Waals surface area contributed by atoms with Crippen LogP contribution in [0.15, 0.2) is 36.4 Å². The molecule has 1 saturated carbocycles. The lowest BCUT2D eigenvalue weighted by Gasteiger charge is -2.20. The Morgan fingerprint density at radius 1 is 0.977 bits per heavy atom. The Balaban J connectivity index is 1.40. The van der Waals surface area contributed by atoms with Gasteiger partial charge in [0.25, 0.3) is 0 Å². The Labute approximate surface area is 253 Å². The number of alkyl carbamates (subject to hydrolysis) is 1. The number of benzene rings is 2. The first kappa shape index (κ1) is 31.2. The summed E-state index contributed by atoms with van der Waals surface area (Å²) in [4.78, 5) is 39.0. The van der Waals surface area contributed by atoms with Crippen LogP contribution in [0.4, 0.5) is 23.7 Å².